The van der Waals surface area contributed by atoms with Crippen LogP contribution < -0.4 is 5.32 Å². The molecular weight excluding hydrogens is 446 g/mol. The number of carbonyl (C=O) groups is 1. The molecule has 34 heavy (non-hydrogen) atoms. The normalized spacial score (nSPS) is 11.6. The summed E-state index contributed by atoms with van der Waals surface area (Å²) >= 11 is 0. The minimum absolute atomic E-state index is 0.195. The molecule has 4 rings (SSSR count). The molecule has 176 valence electrons. The van der Waals surface area contributed by atoms with Gasteiger partial charge in [-0.15, -0.1) is 0 Å². The third kappa shape index (κ3) is 5.27. The molecule has 2 heterocycles. The van der Waals surface area contributed by atoms with Crippen LogP contribution in [0.3, 0.4) is 0 Å². The maximum absolute atomic E-state index is 11.6. The Labute approximate surface area is 199 Å². The number of ether oxygens (including phenoxy) is 1. The highest BCUT2D eigenvalue weighted by Gasteiger charge is 2.18. The number of nitrogens with zero attached hydrogens (tertiary/aromatic N) is 3. The third-order valence-electron chi connectivity index (χ3n) is 5.49. The standard InChI is InChI=1S/C25H29N5O3Si/c1-34(2,3)15-14-33-17-30-22-16-18(27-21-9-5-4-8-19(21)25(31)32)10-11-20(22)23(28-30)24(26)29-12-6-7-13-29/h4-13,16,26-27H,14-15,17H2,1-3H3,(H,31,32). The molecule has 0 unspecified atom stereocenters. The molecule has 0 radical (unpaired) electrons. The van der Waals surface area contributed by atoms with Crippen LogP contribution in [0.2, 0.25) is 25.7 Å². The Morgan fingerprint density at radius 3 is 2.56 bits per heavy atom. The zero-order valence-corrected chi connectivity index (χ0v) is 20.6. The number of carboxylic acid groups (broad SMARTS) is 1. The van der Waals surface area contributed by atoms with Crippen LogP contribution in [-0.4, -0.2) is 45.9 Å². The lowest BCUT2D eigenvalue weighted by Gasteiger charge is -2.15. The van der Waals surface area contributed by atoms with Gasteiger partial charge in [-0.1, -0.05) is 31.8 Å². The largest absolute Gasteiger partial charge is 0.478 e. The molecule has 0 aliphatic heterocycles. The molecule has 3 N–H and O–H groups in total. The number of rotatable bonds is 9. The van der Waals surface area contributed by atoms with Gasteiger partial charge in [0.15, 0.2) is 5.84 Å². The zero-order chi connectivity index (χ0) is 24.3. The number of para-hydroxylation sites is 1. The van der Waals surface area contributed by atoms with E-state index >= 15 is 0 Å². The van der Waals surface area contributed by atoms with Gasteiger partial charge in [0.25, 0.3) is 0 Å². The number of fused-ring (bicyclic) bond motifs is 1. The Morgan fingerprint density at radius 2 is 1.85 bits per heavy atom. The molecule has 0 atom stereocenters. The van der Waals surface area contributed by atoms with E-state index in [1.807, 2.05) is 42.7 Å². The summed E-state index contributed by atoms with van der Waals surface area (Å²) in [7, 11) is -1.22. The summed E-state index contributed by atoms with van der Waals surface area (Å²) in [4.78, 5) is 11.6. The topological polar surface area (TPSA) is 105 Å². The Balaban J connectivity index is 1.68. The Morgan fingerprint density at radius 1 is 1.12 bits per heavy atom. The molecule has 0 spiro atoms. The first kappa shape index (κ1) is 23.5. The van der Waals surface area contributed by atoms with Crippen LogP contribution in [0.4, 0.5) is 11.4 Å². The Kier molecular flexibility index (Phi) is 6.67. The molecule has 9 heteroatoms. The molecule has 0 fully saturated rings. The molecular formula is C25H29N5O3Si. The smallest absolute Gasteiger partial charge is 0.337 e. The second-order valence-corrected chi connectivity index (χ2v) is 15.0. The van der Waals surface area contributed by atoms with E-state index in [0.29, 0.717) is 18.0 Å². The summed E-state index contributed by atoms with van der Waals surface area (Å²) in [6, 6.07) is 17.3. The quantitative estimate of drug-likeness (QED) is 0.129. The first-order valence-electron chi connectivity index (χ1n) is 11.1. The third-order valence-corrected chi connectivity index (χ3v) is 7.19. The number of aromatic nitrogens is 3. The van der Waals surface area contributed by atoms with Crippen LogP contribution in [0.1, 0.15) is 16.1 Å². The van der Waals surface area contributed by atoms with E-state index in [2.05, 4.69) is 25.0 Å². The number of hydrogen-bond donors (Lipinski definition) is 3. The van der Waals surface area contributed by atoms with E-state index in [1.165, 1.54) is 0 Å². The number of nitrogens with one attached hydrogen (secondary N) is 2. The predicted molar refractivity (Wildman–Crippen MR) is 137 cm³/mol. The Hall–Kier alpha value is -3.69. The van der Waals surface area contributed by atoms with Gasteiger partial charge in [-0.3, -0.25) is 5.41 Å². The fraction of sp³-hybridized carbons (Fsp3) is 0.240. The molecule has 2 aromatic heterocycles. The average molecular weight is 476 g/mol. The fourth-order valence-corrected chi connectivity index (χ4v) is 4.35. The van der Waals surface area contributed by atoms with Gasteiger partial charge in [-0.25, -0.2) is 9.48 Å². The Bertz CT molecular complexity index is 1320. The van der Waals surface area contributed by atoms with E-state index in [9.17, 15) is 9.90 Å². The summed E-state index contributed by atoms with van der Waals surface area (Å²) in [5.41, 5.74) is 2.78. The molecule has 0 amide bonds. The summed E-state index contributed by atoms with van der Waals surface area (Å²) < 4.78 is 9.44. The molecule has 8 nitrogen and oxygen atoms in total. The number of benzene rings is 2. The number of aromatic carboxylic acids is 1. The molecule has 4 aromatic rings. The number of hydrogen-bond acceptors (Lipinski definition) is 5. The lowest BCUT2D eigenvalue weighted by atomic mass is 10.1. The van der Waals surface area contributed by atoms with Crippen LogP contribution in [0.25, 0.3) is 10.9 Å². The van der Waals surface area contributed by atoms with Gasteiger partial charge in [0.2, 0.25) is 0 Å². The molecule has 0 saturated heterocycles. The lowest BCUT2D eigenvalue weighted by molar-refractivity contribution is 0.0698. The molecule has 0 aliphatic rings. The first-order chi connectivity index (χ1) is 16.2. The molecule has 0 saturated carbocycles. The highest BCUT2D eigenvalue weighted by molar-refractivity contribution is 6.76. The van der Waals surface area contributed by atoms with Crippen LogP contribution in [-0.2, 0) is 11.5 Å². The predicted octanol–water partition coefficient (Wildman–Crippen LogP) is 5.47. The van der Waals surface area contributed by atoms with E-state index in [1.54, 1.807) is 33.5 Å². The van der Waals surface area contributed by atoms with Crippen molar-refractivity contribution in [3.8, 4) is 0 Å². The van der Waals surface area contributed by atoms with Crippen LogP contribution >= 0.6 is 0 Å². The van der Waals surface area contributed by atoms with Crippen molar-refractivity contribution in [2.75, 3.05) is 11.9 Å². The van der Waals surface area contributed by atoms with Crippen molar-refractivity contribution < 1.29 is 14.6 Å². The summed E-state index contributed by atoms with van der Waals surface area (Å²) in [5, 5.41) is 26.9. The second-order valence-electron chi connectivity index (χ2n) is 9.34. The highest BCUT2D eigenvalue weighted by atomic mass is 28.3. The van der Waals surface area contributed by atoms with Crippen molar-refractivity contribution in [3.05, 3.63) is 78.2 Å². The van der Waals surface area contributed by atoms with Crippen LogP contribution in [0.15, 0.2) is 67.0 Å². The van der Waals surface area contributed by atoms with Gasteiger partial charge in [0.1, 0.15) is 12.4 Å². The number of anilines is 2. The monoisotopic (exact) mass is 475 g/mol. The zero-order valence-electron chi connectivity index (χ0n) is 19.6. The van der Waals surface area contributed by atoms with Gasteiger partial charge in [-0.05, 0) is 48.5 Å². The van der Waals surface area contributed by atoms with Crippen molar-refractivity contribution in [1.29, 1.82) is 5.41 Å². The average Bonchev–Trinajstić information content (AvgIpc) is 3.44. The van der Waals surface area contributed by atoms with Gasteiger partial charge >= 0.3 is 5.97 Å². The van der Waals surface area contributed by atoms with Gasteiger partial charge in [0.05, 0.1) is 16.8 Å². The van der Waals surface area contributed by atoms with Crippen molar-refractivity contribution >= 4 is 42.2 Å². The van der Waals surface area contributed by atoms with Crippen molar-refractivity contribution in [1.82, 2.24) is 14.3 Å². The van der Waals surface area contributed by atoms with Crippen molar-refractivity contribution in [3.63, 3.8) is 0 Å². The SMILES string of the molecule is C[Si](C)(C)CCOCn1nc(C(=N)n2cccc2)c2ccc(Nc3ccccc3C(=O)O)cc21. The summed E-state index contributed by atoms with van der Waals surface area (Å²) in [5.74, 6) is -0.722. The number of carboxylic acids is 1. The van der Waals surface area contributed by atoms with E-state index in [0.717, 1.165) is 22.6 Å². The minimum Gasteiger partial charge on any atom is -0.478 e. The van der Waals surface area contributed by atoms with Crippen LogP contribution in [0.5, 0.6) is 0 Å². The first-order valence-corrected chi connectivity index (χ1v) is 14.8. The van der Waals surface area contributed by atoms with Crippen molar-refractivity contribution in [2.45, 2.75) is 32.4 Å². The lowest BCUT2D eigenvalue weighted by Crippen LogP contribution is -2.22. The minimum atomic E-state index is -1.22. The van der Waals surface area contributed by atoms with E-state index in [-0.39, 0.29) is 18.1 Å². The summed E-state index contributed by atoms with van der Waals surface area (Å²) in [6.45, 7) is 7.86. The van der Waals surface area contributed by atoms with Crippen LogP contribution in [0, 0.1) is 5.41 Å². The van der Waals surface area contributed by atoms with E-state index in [4.69, 9.17) is 15.2 Å². The van der Waals surface area contributed by atoms with Crippen molar-refractivity contribution in [2.24, 2.45) is 0 Å². The maximum Gasteiger partial charge on any atom is 0.337 e. The summed E-state index contributed by atoms with van der Waals surface area (Å²) in [6.07, 6.45) is 3.63. The second kappa shape index (κ2) is 9.66. The molecule has 0 bridgehead atoms. The van der Waals surface area contributed by atoms with Gasteiger partial charge in [-0.2, -0.15) is 5.10 Å². The fourth-order valence-electron chi connectivity index (χ4n) is 3.59. The van der Waals surface area contributed by atoms with Gasteiger partial charge < -0.3 is 19.7 Å². The highest BCUT2D eigenvalue weighted by Crippen LogP contribution is 2.27. The molecule has 2 aromatic carbocycles. The van der Waals surface area contributed by atoms with Gasteiger partial charge in [0, 0.05) is 38.1 Å². The maximum atomic E-state index is 11.6. The van der Waals surface area contributed by atoms with E-state index < -0.39 is 14.0 Å². The molecule has 0 aliphatic carbocycles.